The van der Waals surface area contributed by atoms with E-state index >= 15 is 0 Å². The highest BCUT2D eigenvalue weighted by Gasteiger charge is 2.19. The Balaban J connectivity index is 2.19. The minimum atomic E-state index is 0.221. The lowest BCUT2D eigenvalue weighted by atomic mass is 10.0. The van der Waals surface area contributed by atoms with Gasteiger partial charge < -0.3 is 10.3 Å². The first kappa shape index (κ1) is 14.3. The standard InChI is InChI=1S/C15H9Cl3N2O/c16-9-3-1-8(2-4-9)13-14(20-21-15(13)19)11-6-5-10(17)7-12(11)18/h1-7H,19H2. The quantitative estimate of drug-likeness (QED) is 0.666. The molecule has 6 heteroatoms. The summed E-state index contributed by atoms with van der Waals surface area (Å²) in [4.78, 5) is 0. The van der Waals surface area contributed by atoms with Crippen LogP contribution in [0.25, 0.3) is 22.4 Å². The first-order chi connectivity index (χ1) is 10.1. The molecule has 2 N–H and O–H groups in total. The lowest BCUT2D eigenvalue weighted by molar-refractivity contribution is 0.439. The van der Waals surface area contributed by atoms with Gasteiger partial charge in [0.1, 0.15) is 5.69 Å². The van der Waals surface area contributed by atoms with Crippen molar-refractivity contribution in [3.8, 4) is 22.4 Å². The van der Waals surface area contributed by atoms with Crippen molar-refractivity contribution in [3.05, 3.63) is 57.5 Å². The molecule has 0 aliphatic rings. The van der Waals surface area contributed by atoms with Crippen LogP contribution in [0.1, 0.15) is 0 Å². The fraction of sp³-hybridized carbons (Fsp3) is 0. The average Bonchev–Trinajstić information content (AvgIpc) is 2.82. The molecule has 1 heterocycles. The second kappa shape index (κ2) is 5.60. The Bertz CT molecular complexity index is 797. The van der Waals surface area contributed by atoms with Gasteiger partial charge in [-0.15, -0.1) is 0 Å². The lowest BCUT2D eigenvalue weighted by Crippen LogP contribution is -1.88. The molecule has 0 atom stereocenters. The van der Waals surface area contributed by atoms with E-state index in [-0.39, 0.29) is 5.88 Å². The van der Waals surface area contributed by atoms with E-state index < -0.39 is 0 Å². The molecule has 3 aromatic rings. The maximum atomic E-state index is 6.23. The fourth-order valence-electron chi connectivity index (χ4n) is 2.06. The van der Waals surface area contributed by atoms with E-state index in [1.54, 1.807) is 30.3 Å². The molecule has 3 rings (SSSR count). The fourth-order valence-corrected chi connectivity index (χ4v) is 2.69. The van der Waals surface area contributed by atoms with Gasteiger partial charge in [0, 0.05) is 15.6 Å². The third-order valence-electron chi connectivity index (χ3n) is 3.04. The SMILES string of the molecule is Nc1onc(-c2ccc(Cl)cc2Cl)c1-c1ccc(Cl)cc1. The number of aromatic nitrogens is 1. The first-order valence-corrected chi connectivity index (χ1v) is 7.16. The van der Waals surface area contributed by atoms with Gasteiger partial charge in [0.05, 0.1) is 10.6 Å². The average molecular weight is 340 g/mol. The maximum Gasteiger partial charge on any atom is 0.230 e. The number of hydrogen-bond donors (Lipinski definition) is 1. The Morgan fingerprint density at radius 2 is 1.57 bits per heavy atom. The smallest absolute Gasteiger partial charge is 0.230 e. The monoisotopic (exact) mass is 338 g/mol. The normalized spacial score (nSPS) is 10.8. The van der Waals surface area contributed by atoms with Crippen molar-refractivity contribution in [2.75, 3.05) is 5.73 Å². The molecule has 0 saturated carbocycles. The van der Waals surface area contributed by atoms with Gasteiger partial charge in [0.15, 0.2) is 0 Å². The summed E-state index contributed by atoms with van der Waals surface area (Å²) in [7, 11) is 0. The van der Waals surface area contributed by atoms with Crippen LogP contribution in [-0.2, 0) is 0 Å². The zero-order chi connectivity index (χ0) is 15.0. The Hall–Kier alpha value is -1.68. The van der Waals surface area contributed by atoms with E-state index in [4.69, 9.17) is 45.1 Å². The van der Waals surface area contributed by atoms with Gasteiger partial charge in [-0.2, -0.15) is 0 Å². The van der Waals surface area contributed by atoms with Gasteiger partial charge in [0.25, 0.3) is 0 Å². The molecule has 0 radical (unpaired) electrons. The number of nitrogens with two attached hydrogens (primary N) is 1. The summed E-state index contributed by atoms with van der Waals surface area (Å²) in [5.41, 5.74) is 8.69. The van der Waals surface area contributed by atoms with Crippen LogP contribution in [0, 0.1) is 0 Å². The minimum Gasteiger partial charge on any atom is -0.367 e. The Morgan fingerprint density at radius 3 is 2.24 bits per heavy atom. The molecule has 0 aliphatic heterocycles. The van der Waals surface area contributed by atoms with Crippen molar-refractivity contribution in [2.45, 2.75) is 0 Å². The lowest BCUT2D eigenvalue weighted by Gasteiger charge is -2.05. The van der Waals surface area contributed by atoms with Gasteiger partial charge in [-0.05, 0) is 35.9 Å². The van der Waals surface area contributed by atoms with Crippen molar-refractivity contribution in [3.63, 3.8) is 0 Å². The summed E-state index contributed by atoms with van der Waals surface area (Å²) in [6.45, 7) is 0. The third-order valence-corrected chi connectivity index (χ3v) is 3.84. The molecule has 0 unspecified atom stereocenters. The molecule has 106 valence electrons. The van der Waals surface area contributed by atoms with Gasteiger partial charge >= 0.3 is 0 Å². The molecule has 0 saturated heterocycles. The number of nitrogen functional groups attached to an aromatic ring is 1. The number of halogens is 3. The van der Waals surface area contributed by atoms with E-state index in [9.17, 15) is 0 Å². The molecule has 0 amide bonds. The third kappa shape index (κ3) is 2.72. The second-order valence-corrected chi connectivity index (χ2v) is 5.68. The van der Waals surface area contributed by atoms with Crippen LogP contribution in [0.2, 0.25) is 15.1 Å². The van der Waals surface area contributed by atoms with Crippen LogP contribution in [-0.4, -0.2) is 5.16 Å². The molecule has 1 aromatic heterocycles. The Morgan fingerprint density at radius 1 is 0.905 bits per heavy atom. The van der Waals surface area contributed by atoms with Crippen molar-refractivity contribution < 1.29 is 4.52 Å². The van der Waals surface area contributed by atoms with E-state index in [0.29, 0.717) is 31.9 Å². The molecular formula is C15H9Cl3N2O. The van der Waals surface area contributed by atoms with Crippen molar-refractivity contribution in [2.24, 2.45) is 0 Å². The summed E-state index contributed by atoms with van der Waals surface area (Å²) < 4.78 is 5.12. The summed E-state index contributed by atoms with van der Waals surface area (Å²) >= 11 is 18.1. The predicted octanol–water partition coefficient (Wildman–Crippen LogP) is 5.55. The number of nitrogens with zero attached hydrogens (tertiary/aromatic N) is 1. The van der Waals surface area contributed by atoms with Gasteiger partial charge in [-0.1, -0.05) is 52.1 Å². The zero-order valence-corrected chi connectivity index (χ0v) is 12.9. The molecular weight excluding hydrogens is 331 g/mol. The molecule has 0 bridgehead atoms. The van der Waals surface area contributed by atoms with Gasteiger partial charge in [-0.25, -0.2) is 0 Å². The largest absolute Gasteiger partial charge is 0.367 e. The Labute approximate surface area is 136 Å². The highest BCUT2D eigenvalue weighted by Crippen LogP contribution is 2.39. The summed E-state index contributed by atoms with van der Waals surface area (Å²) in [5.74, 6) is 0.221. The van der Waals surface area contributed by atoms with E-state index in [2.05, 4.69) is 5.16 Å². The van der Waals surface area contributed by atoms with Crippen LogP contribution < -0.4 is 5.73 Å². The number of anilines is 1. The molecule has 3 nitrogen and oxygen atoms in total. The Kier molecular flexibility index (Phi) is 3.81. The molecule has 0 spiro atoms. The highest BCUT2D eigenvalue weighted by atomic mass is 35.5. The highest BCUT2D eigenvalue weighted by molar-refractivity contribution is 6.36. The summed E-state index contributed by atoms with van der Waals surface area (Å²) in [6.07, 6.45) is 0. The van der Waals surface area contributed by atoms with Crippen LogP contribution in [0.5, 0.6) is 0 Å². The zero-order valence-electron chi connectivity index (χ0n) is 10.6. The molecule has 2 aromatic carbocycles. The summed E-state index contributed by atoms with van der Waals surface area (Å²) in [6, 6.07) is 12.4. The van der Waals surface area contributed by atoms with Crippen LogP contribution in [0.3, 0.4) is 0 Å². The van der Waals surface area contributed by atoms with Crippen molar-refractivity contribution in [1.29, 1.82) is 0 Å². The summed E-state index contributed by atoms with van der Waals surface area (Å²) in [5, 5.41) is 5.68. The first-order valence-electron chi connectivity index (χ1n) is 6.03. The van der Waals surface area contributed by atoms with Gasteiger partial charge in [0.2, 0.25) is 5.88 Å². The molecule has 0 fully saturated rings. The van der Waals surface area contributed by atoms with E-state index in [1.165, 1.54) is 0 Å². The second-order valence-electron chi connectivity index (χ2n) is 4.40. The van der Waals surface area contributed by atoms with Crippen LogP contribution in [0.4, 0.5) is 5.88 Å². The maximum absolute atomic E-state index is 6.23. The van der Waals surface area contributed by atoms with Crippen LogP contribution >= 0.6 is 34.8 Å². The topological polar surface area (TPSA) is 52.0 Å². The number of hydrogen-bond acceptors (Lipinski definition) is 3. The van der Waals surface area contributed by atoms with Crippen molar-refractivity contribution >= 4 is 40.7 Å². The molecule has 0 aliphatic carbocycles. The number of benzene rings is 2. The number of rotatable bonds is 2. The predicted molar refractivity (Wildman–Crippen MR) is 86.8 cm³/mol. The van der Waals surface area contributed by atoms with Gasteiger partial charge in [-0.3, -0.25) is 0 Å². The van der Waals surface area contributed by atoms with Crippen LogP contribution in [0.15, 0.2) is 47.0 Å². The van der Waals surface area contributed by atoms with E-state index in [1.807, 2.05) is 12.1 Å². The van der Waals surface area contributed by atoms with Crippen molar-refractivity contribution in [1.82, 2.24) is 5.16 Å². The molecule has 21 heavy (non-hydrogen) atoms. The minimum absolute atomic E-state index is 0.221. The van der Waals surface area contributed by atoms with E-state index in [0.717, 1.165) is 5.56 Å².